The van der Waals surface area contributed by atoms with E-state index >= 15 is 0 Å². The molecule has 3 N–H and O–H groups in total. The first-order valence-electron chi connectivity index (χ1n) is 7.40. The fourth-order valence-corrected chi connectivity index (χ4v) is 3.31. The molecule has 5 atom stereocenters. The van der Waals surface area contributed by atoms with Crippen LogP contribution in [0.25, 0.3) is 0 Å². The highest BCUT2D eigenvalue weighted by atomic mass is 16.4. The smallest absolute Gasteiger partial charge is 0.326 e. The van der Waals surface area contributed by atoms with Gasteiger partial charge in [-0.15, -0.1) is 0 Å². The highest BCUT2D eigenvalue weighted by molar-refractivity contribution is 5.83. The molecule has 2 fully saturated rings. The number of amides is 2. The van der Waals surface area contributed by atoms with Crippen LogP contribution in [0.1, 0.15) is 33.1 Å². The Morgan fingerprint density at radius 2 is 2.05 bits per heavy atom. The van der Waals surface area contributed by atoms with Gasteiger partial charge >= 0.3 is 12.0 Å². The molecule has 1 heterocycles. The molecule has 6 heteroatoms. The Labute approximate surface area is 119 Å². The Bertz CT molecular complexity index is 387. The normalized spacial score (nSPS) is 31.8. The van der Waals surface area contributed by atoms with E-state index in [4.69, 9.17) is 0 Å². The van der Waals surface area contributed by atoms with Crippen LogP contribution in [0.4, 0.5) is 4.79 Å². The maximum atomic E-state index is 12.2. The van der Waals surface area contributed by atoms with E-state index in [1.165, 1.54) is 0 Å². The van der Waals surface area contributed by atoms with Crippen molar-refractivity contribution < 1.29 is 19.8 Å². The monoisotopic (exact) mass is 284 g/mol. The van der Waals surface area contributed by atoms with E-state index in [0.29, 0.717) is 25.4 Å². The average Bonchev–Trinajstić information content (AvgIpc) is 2.97. The van der Waals surface area contributed by atoms with Gasteiger partial charge in [0.25, 0.3) is 0 Å². The van der Waals surface area contributed by atoms with Gasteiger partial charge in [0, 0.05) is 19.0 Å². The van der Waals surface area contributed by atoms with Gasteiger partial charge in [0.1, 0.15) is 6.04 Å². The summed E-state index contributed by atoms with van der Waals surface area (Å²) in [7, 11) is 0. The van der Waals surface area contributed by atoms with Crippen molar-refractivity contribution in [2.45, 2.75) is 45.3 Å². The zero-order valence-electron chi connectivity index (χ0n) is 12.1. The number of nitrogens with one attached hydrogen (secondary N) is 1. The molecule has 0 aromatic carbocycles. The molecule has 2 amide bonds. The van der Waals surface area contributed by atoms with E-state index in [2.05, 4.69) is 5.32 Å². The second-order valence-electron chi connectivity index (χ2n) is 6.12. The van der Waals surface area contributed by atoms with Crippen LogP contribution in [0.15, 0.2) is 0 Å². The van der Waals surface area contributed by atoms with E-state index < -0.39 is 12.0 Å². The Hall–Kier alpha value is -1.30. The third-order valence-electron chi connectivity index (χ3n) is 4.86. The molecule has 2 aliphatic rings. The van der Waals surface area contributed by atoms with Crippen LogP contribution >= 0.6 is 0 Å². The lowest BCUT2D eigenvalue weighted by molar-refractivity contribution is -0.140. The third kappa shape index (κ3) is 2.90. The molecule has 1 saturated carbocycles. The minimum absolute atomic E-state index is 0.107. The number of carboxylic acid groups (broad SMARTS) is 1. The summed E-state index contributed by atoms with van der Waals surface area (Å²) in [5.74, 6) is -0.577. The highest BCUT2D eigenvalue weighted by Gasteiger charge is 2.43. The topological polar surface area (TPSA) is 89.9 Å². The average molecular weight is 284 g/mol. The molecule has 6 nitrogen and oxygen atoms in total. The summed E-state index contributed by atoms with van der Waals surface area (Å²) in [4.78, 5) is 25.1. The van der Waals surface area contributed by atoms with Gasteiger partial charge < -0.3 is 20.4 Å². The number of aliphatic hydroxyl groups excluding tert-OH is 1. The van der Waals surface area contributed by atoms with Crippen molar-refractivity contribution in [1.29, 1.82) is 0 Å². The van der Waals surface area contributed by atoms with E-state index in [9.17, 15) is 19.8 Å². The van der Waals surface area contributed by atoms with Crippen LogP contribution in [-0.2, 0) is 4.79 Å². The van der Waals surface area contributed by atoms with Crippen LogP contribution in [0.5, 0.6) is 0 Å². The molecule has 20 heavy (non-hydrogen) atoms. The van der Waals surface area contributed by atoms with Crippen molar-refractivity contribution in [2.24, 2.45) is 17.8 Å². The first-order valence-corrected chi connectivity index (χ1v) is 7.40. The number of nitrogens with zero attached hydrogens (tertiary/aromatic N) is 1. The van der Waals surface area contributed by atoms with E-state index in [1.807, 2.05) is 13.8 Å². The molecule has 0 aromatic heterocycles. The van der Waals surface area contributed by atoms with Crippen LogP contribution in [-0.4, -0.2) is 52.3 Å². The van der Waals surface area contributed by atoms with Crippen molar-refractivity contribution >= 4 is 12.0 Å². The van der Waals surface area contributed by atoms with Crippen molar-refractivity contribution in [3.63, 3.8) is 0 Å². The van der Waals surface area contributed by atoms with Gasteiger partial charge in [0.05, 0.1) is 6.10 Å². The van der Waals surface area contributed by atoms with Gasteiger partial charge in [-0.3, -0.25) is 0 Å². The largest absolute Gasteiger partial charge is 0.480 e. The van der Waals surface area contributed by atoms with Gasteiger partial charge in [-0.2, -0.15) is 0 Å². The molecule has 0 bridgehead atoms. The number of carboxylic acids is 1. The molecule has 0 radical (unpaired) electrons. The van der Waals surface area contributed by atoms with Crippen LogP contribution < -0.4 is 5.32 Å². The summed E-state index contributed by atoms with van der Waals surface area (Å²) in [5, 5.41) is 21.7. The summed E-state index contributed by atoms with van der Waals surface area (Å²) in [6.07, 6.45) is 2.14. The fraction of sp³-hybridized carbons (Fsp3) is 0.857. The standard InChI is InChI=1S/C14H24N2O4/c1-3-8(2)12(13(18)19)15-14(20)16-6-9-4-5-11(17)10(9)7-16/h8-12,17H,3-7H2,1-2H3,(H,15,20)(H,18,19)/t8-,9?,10?,11?,12-/m0/s1. The molecule has 3 unspecified atom stereocenters. The molecular weight excluding hydrogens is 260 g/mol. The van der Waals surface area contributed by atoms with Crippen molar-refractivity contribution in [3.05, 3.63) is 0 Å². The lowest BCUT2D eigenvalue weighted by Crippen LogP contribution is -2.50. The van der Waals surface area contributed by atoms with Crippen molar-refractivity contribution in [1.82, 2.24) is 10.2 Å². The van der Waals surface area contributed by atoms with Gasteiger partial charge in [-0.05, 0) is 24.7 Å². The minimum atomic E-state index is -0.993. The number of carbonyl (C=O) groups is 2. The fourth-order valence-electron chi connectivity index (χ4n) is 3.31. The maximum Gasteiger partial charge on any atom is 0.326 e. The Morgan fingerprint density at radius 3 is 2.60 bits per heavy atom. The predicted octanol–water partition coefficient (Wildman–Crippen LogP) is 0.898. The zero-order valence-corrected chi connectivity index (χ0v) is 12.1. The SMILES string of the molecule is CC[C@H](C)[C@H](NC(=O)N1CC2CCC(O)C2C1)C(=O)O. The van der Waals surface area contributed by atoms with Crippen molar-refractivity contribution in [3.8, 4) is 0 Å². The number of aliphatic hydroxyl groups is 1. The summed E-state index contributed by atoms with van der Waals surface area (Å²) >= 11 is 0. The Balaban J connectivity index is 1.93. The molecular formula is C14H24N2O4. The number of urea groups is 1. The highest BCUT2D eigenvalue weighted by Crippen LogP contribution is 2.38. The number of hydrogen-bond donors (Lipinski definition) is 3. The summed E-state index contributed by atoms with van der Waals surface area (Å²) in [6.45, 7) is 4.88. The lowest BCUT2D eigenvalue weighted by Gasteiger charge is -2.25. The van der Waals surface area contributed by atoms with Gasteiger partial charge in [0.15, 0.2) is 0 Å². The van der Waals surface area contributed by atoms with E-state index in [0.717, 1.165) is 12.8 Å². The number of carbonyl (C=O) groups excluding carboxylic acids is 1. The van der Waals surface area contributed by atoms with E-state index in [1.54, 1.807) is 4.90 Å². The van der Waals surface area contributed by atoms with E-state index in [-0.39, 0.29) is 24.0 Å². The number of aliphatic carboxylic acids is 1. The summed E-state index contributed by atoms with van der Waals surface area (Å²) in [5.41, 5.74) is 0. The third-order valence-corrected chi connectivity index (χ3v) is 4.86. The molecule has 1 saturated heterocycles. The van der Waals surface area contributed by atoms with Crippen LogP contribution in [0.3, 0.4) is 0 Å². The Kier molecular flexibility index (Phi) is 4.52. The quantitative estimate of drug-likeness (QED) is 0.715. The number of hydrogen-bond acceptors (Lipinski definition) is 3. The zero-order chi connectivity index (χ0) is 14.9. The second kappa shape index (κ2) is 5.99. The number of likely N-dealkylation sites (tertiary alicyclic amines) is 1. The van der Waals surface area contributed by atoms with Gasteiger partial charge in [-0.25, -0.2) is 9.59 Å². The van der Waals surface area contributed by atoms with Gasteiger partial charge in [-0.1, -0.05) is 20.3 Å². The van der Waals surface area contributed by atoms with Crippen LogP contribution in [0.2, 0.25) is 0 Å². The molecule has 114 valence electrons. The van der Waals surface area contributed by atoms with Crippen molar-refractivity contribution in [2.75, 3.05) is 13.1 Å². The molecule has 0 spiro atoms. The molecule has 1 aliphatic carbocycles. The molecule has 0 aromatic rings. The lowest BCUT2D eigenvalue weighted by atomic mass is 9.99. The second-order valence-corrected chi connectivity index (χ2v) is 6.12. The van der Waals surface area contributed by atoms with Gasteiger partial charge in [0.2, 0.25) is 0 Å². The number of rotatable bonds is 4. The van der Waals surface area contributed by atoms with Crippen LogP contribution in [0, 0.1) is 17.8 Å². The predicted molar refractivity (Wildman–Crippen MR) is 73.2 cm³/mol. The first kappa shape index (κ1) is 15.1. The minimum Gasteiger partial charge on any atom is -0.480 e. The first-order chi connectivity index (χ1) is 9.43. The number of fused-ring (bicyclic) bond motifs is 1. The summed E-state index contributed by atoms with van der Waals surface area (Å²) < 4.78 is 0. The molecule has 2 rings (SSSR count). The Morgan fingerprint density at radius 1 is 1.35 bits per heavy atom. The summed E-state index contributed by atoms with van der Waals surface area (Å²) in [6, 6.07) is -1.17. The maximum absolute atomic E-state index is 12.2. The molecule has 1 aliphatic heterocycles.